The van der Waals surface area contributed by atoms with Gasteiger partial charge in [0.1, 0.15) is 12.6 Å². The van der Waals surface area contributed by atoms with Gasteiger partial charge in [-0.15, -0.1) is 0 Å². The molecule has 0 amide bonds. The summed E-state index contributed by atoms with van der Waals surface area (Å²) < 4.78 is 30.9. The fourth-order valence-corrected chi connectivity index (χ4v) is 7.98. The third-order valence-electron chi connectivity index (χ3n) is 8.84. The second-order valence-corrected chi connectivity index (χ2v) is 14.4. The minimum atomic E-state index is -3.94. The number of aliphatic hydroxyl groups excluding tert-OH is 1. The number of nitrogens with zero attached hydrogens (tertiary/aromatic N) is 3. The van der Waals surface area contributed by atoms with Crippen molar-refractivity contribution >= 4 is 39.1 Å². The van der Waals surface area contributed by atoms with E-state index in [1.165, 1.54) is 47.5 Å². The molecule has 6 rings (SSSR count). The highest BCUT2D eigenvalue weighted by molar-refractivity contribution is 7.90. The molecular weight excluding hydrogens is 651 g/mol. The average Bonchev–Trinajstić information content (AvgIpc) is 3.49. The predicted molar refractivity (Wildman–Crippen MR) is 192 cm³/mol. The van der Waals surface area contributed by atoms with E-state index in [0.29, 0.717) is 33.8 Å². The number of aliphatic hydroxyl groups is 1. The average molecular weight is 690 g/mol. The molecule has 1 aliphatic rings. The Bertz CT molecular complexity index is 1940. The molecule has 1 saturated carbocycles. The highest BCUT2D eigenvalue weighted by Crippen LogP contribution is 2.35. The van der Waals surface area contributed by atoms with E-state index in [4.69, 9.17) is 28.2 Å². The molecule has 7 nitrogen and oxygen atoms in total. The van der Waals surface area contributed by atoms with Gasteiger partial charge in [0.05, 0.1) is 16.4 Å². The van der Waals surface area contributed by atoms with Gasteiger partial charge in [-0.25, -0.2) is 4.98 Å². The van der Waals surface area contributed by atoms with Crippen LogP contribution in [0.5, 0.6) is 0 Å². The van der Waals surface area contributed by atoms with E-state index in [2.05, 4.69) is 53.3 Å². The van der Waals surface area contributed by atoms with Crippen LogP contribution in [0.25, 0.3) is 28.1 Å². The van der Waals surface area contributed by atoms with Crippen molar-refractivity contribution in [3.63, 3.8) is 0 Å². The van der Waals surface area contributed by atoms with Gasteiger partial charge in [-0.1, -0.05) is 97.1 Å². The van der Waals surface area contributed by atoms with Gasteiger partial charge in [-0.2, -0.15) is 13.1 Å². The molecule has 0 bridgehead atoms. The summed E-state index contributed by atoms with van der Waals surface area (Å²) in [6.45, 7) is 1.22. The molecule has 10 heteroatoms. The maximum absolute atomic E-state index is 12.8. The maximum Gasteiger partial charge on any atom is 0.303 e. The van der Waals surface area contributed by atoms with Crippen LogP contribution in [-0.4, -0.2) is 36.4 Å². The van der Waals surface area contributed by atoms with Crippen molar-refractivity contribution in [3.05, 3.63) is 124 Å². The number of hydrogen-bond donors (Lipinski definition) is 2. The first-order valence-electron chi connectivity index (χ1n) is 16.0. The van der Waals surface area contributed by atoms with Crippen molar-refractivity contribution in [2.45, 2.75) is 51.4 Å². The zero-order chi connectivity index (χ0) is 33.0. The molecule has 0 atom stereocenters. The van der Waals surface area contributed by atoms with Crippen LogP contribution in [0.2, 0.25) is 10.0 Å². The Labute approximate surface area is 287 Å². The molecule has 0 saturated heterocycles. The number of nitrogens with one attached hydrogen (secondary N) is 1. The van der Waals surface area contributed by atoms with Crippen LogP contribution in [0.4, 0.5) is 5.69 Å². The molecule has 2 N–H and O–H groups in total. The molecule has 1 heterocycles. The van der Waals surface area contributed by atoms with Crippen LogP contribution in [0, 0.1) is 0 Å². The van der Waals surface area contributed by atoms with E-state index >= 15 is 0 Å². The number of aromatic nitrogens is 2. The van der Waals surface area contributed by atoms with Gasteiger partial charge in [0.15, 0.2) is 0 Å². The van der Waals surface area contributed by atoms with Gasteiger partial charge < -0.3 is 9.67 Å². The molecule has 1 aromatic heterocycles. The number of halogens is 2. The molecular formula is C37H38Cl2N4O3S. The molecule has 4 aromatic carbocycles. The molecule has 0 spiro atoms. The first-order valence-corrected chi connectivity index (χ1v) is 18.2. The molecule has 5 aromatic rings. The van der Waals surface area contributed by atoms with E-state index in [9.17, 15) is 13.5 Å². The Hall–Kier alpha value is -3.66. The van der Waals surface area contributed by atoms with E-state index in [0.717, 1.165) is 28.2 Å². The first kappa shape index (κ1) is 33.2. The molecule has 1 aliphatic carbocycles. The van der Waals surface area contributed by atoms with Crippen molar-refractivity contribution in [3.8, 4) is 28.1 Å². The van der Waals surface area contributed by atoms with Gasteiger partial charge in [0.25, 0.3) is 0 Å². The fraction of sp³-hybridized carbons (Fsp3) is 0.270. The van der Waals surface area contributed by atoms with Crippen molar-refractivity contribution < 1.29 is 13.5 Å². The molecule has 0 aliphatic heterocycles. The van der Waals surface area contributed by atoms with Gasteiger partial charge >= 0.3 is 10.2 Å². The summed E-state index contributed by atoms with van der Waals surface area (Å²) in [6.07, 6.45) is 9.02. The van der Waals surface area contributed by atoms with Gasteiger partial charge in [-0.3, -0.25) is 4.31 Å². The summed E-state index contributed by atoms with van der Waals surface area (Å²) in [5.41, 5.74) is 7.47. The fourth-order valence-electron chi connectivity index (χ4n) is 6.42. The third-order valence-corrected chi connectivity index (χ3v) is 10.9. The normalized spacial score (nSPS) is 14.0. The van der Waals surface area contributed by atoms with Crippen LogP contribution in [0.1, 0.15) is 61.9 Å². The predicted octanol–water partition coefficient (Wildman–Crippen LogP) is 8.76. The zero-order valence-electron chi connectivity index (χ0n) is 26.2. The van der Waals surface area contributed by atoms with Crippen LogP contribution in [0.3, 0.4) is 0 Å². The first-order chi connectivity index (χ1) is 22.8. The van der Waals surface area contributed by atoms with E-state index in [1.807, 2.05) is 22.9 Å². The highest BCUT2D eigenvalue weighted by atomic mass is 35.5. The molecule has 1 fully saturated rings. The van der Waals surface area contributed by atoms with Crippen LogP contribution in [-0.2, 0) is 16.6 Å². The molecule has 47 heavy (non-hydrogen) atoms. The summed E-state index contributed by atoms with van der Waals surface area (Å²) in [5.74, 6) is 1.44. The quantitative estimate of drug-likeness (QED) is 0.136. The second kappa shape index (κ2) is 14.6. The lowest BCUT2D eigenvalue weighted by atomic mass is 9.83. The summed E-state index contributed by atoms with van der Waals surface area (Å²) in [6, 6.07) is 30.1. The SMILES string of the molecule is CCN(c1cccc(-n2cc(-c3ccc(Cl)cc3Cl)nc2Cc2ccc(-c3ccc(C4CCCCC4)cc3)cc2)c1)S(=O)(=O)NCO. The Morgan fingerprint density at radius 3 is 2.28 bits per heavy atom. The largest absolute Gasteiger partial charge is 0.380 e. The Morgan fingerprint density at radius 2 is 1.62 bits per heavy atom. The zero-order valence-corrected chi connectivity index (χ0v) is 28.6. The van der Waals surface area contributed by atoms with Crippen molar-refractivity contribution in [1.29, 1.82) is 0 Å². The van der Waals surface area contributed by atoms with Crippen LogP contribution < -0.4 is 9.03 Å². The number of imidazole rings is 1. The lowest BCUT2D eigenvalue weighted by Crippen LogP contribution is -2.41. The number of rotatable bonds is 11. The minimum Gasteiger partial charge on any atom is -0.380 e. The maximum atomic E-state index is 12.8. The van der Waals surface area contributed by atoms with Crippen LogP contribution in [0.15, 0.2) is 97.2 Å². The summed E-state index contributed by atoms with van der Waals surface area (Å²) in [4.78, 5) is 5.01. The smallest absolute Gasteiger partial charge is 0.303 e. The summed E-state index contributed by atoms with van der Waals surface area (Å²) in [7, 11) is -3.94. The molecule has 244 valence electrons. The number of benzene rings is 4. The number of hydrogen-bond acceptors (Lipinski definition) is 4. The monoisotopic (exact) mass is 688 g/mol. The van der Waals surface area contributed by atoms with Gasteiger partial charge in [-0.05, 0) is 84.3 Å². The number of anilines is 1. The lowest BCUT2D eigenvalue weighted by Gasteiger charge is -2.23. The van der Waals surface area contributed by atoms with E-state index < -0.39 is 16.9 Å². The summed E-state index contributed by atoms with van der Waals surface area (Å²) in [5, 5.41) is 10.3. The lowest BCUT2D eigenvalue weighted by molar-refractivity contribution is 0.288. The third kappa shape index (κ3) is 7.58. The van der Waals surface area contributed by atoms with Crippen molar-refractivity contribution in [1.82, 2.24) is 14.3 Å². The van der Waals surface area contributed by atoms with Crippen molar-refractivity contribution in [2.24, 2.45) is 0 Å². The minimum absolute atomic E-state index is 0.177. The highest BCUT2D eigenvalue weighted by Gasteiger charge is 2.22. The Morgan fingerprint density at radius 1 is 0.915 bits per heavy atom. The second-order valence-electron chi connectivity index (χ2n) is 11.9. The van der Waals surface area contributed by atoms with Gasteiger partial charge in [0, 0.05) is 35.4 Å². The van der Waals surface area contributed by atoms with E-state index in [-0.39, 0.29) is 6.54 Å². The van der Waals surface area contributed by atoms with Gasteiger partial charge in [0.2, 0.25) is 0 Å². The standard InChI is InChI=1S/C37H38Cl2N4O3S/c1-2-43(47(45,46)40-25-44)33-10-6-9-32(23-33)42-24-36(34-20-19-31(38)22-35(34)39)41-37(42)21-26-11-13-28(14-12-26)30-17-15-29(16-18-30)27-7-4-3-5-8-27/h6,9-20,22-24,27,40,44H,2-5,7-8,21,25H2,1H3. The Kier molecular flexibility index (Phi) is 10.3. The van der Waals surface area contributed by atoms with Crippen molar-refractivity contribution in [2.75, 3.05) is 17.6 Å². The summed E-state index contributed by atoms with van der Waals surface area (Å²) >= 11 is 12.8. The van der Waals surface area contributed by atoms with Crippen LogP contribution >= 0.6 is 23.2 Å². The molecule has 0 radical (unpaired) electrons. The Balaban J connectivity index is 1.32. The molecule has 0 unspecified atom stereocenters. The van der Waals surface area contributed by atoms with E-state index in [1.54, 1.807) is 37.3 Å². The topological polar surface area (TPSA) is 87.5 Å².